The monoisotopic (exact) mass is 248 g/mol. The molecule has 2 aliphatic rings. The molecule has 3 rings (SSSR count). The Morgan fingerprint density at radius 3 is 2.94 bits per heavy atom. The van der Waals surface area contributed by atoms with Gasteiger partial charge >= 0.3 is 0 Å². The third-order valence-corrected chi connectivity index (χ3v) is 3.49. The van der Waals surface area contributed by atoms with Gasteiger partial charge in [0.25, 0.3) is 0 Å². The van der Waals surface area contributed by atoms with E-state index in [9.17, 15) is 9.90 Å². The van der Waals surface area contributed by atoms with Crippen molar-refractivity contribution in [3.05, 3.63) is 35.9 Å². The number of rotatable bonds is 3. The molecular weight excluding hydrogens is 232 g/mol. The highest BCUT2D eigenvalue weighted by molar-refractivity contribution is 5.78. The number of hydrogen-bond acceptors (Lipinski definition) is 4. The highest BCUT2D eigenvalue weighted by Gasteiger charge is 2.47. The summed E-state index contributed by atoms with van der Waals surface area (Å²) >= 11 is 0. The summed E-state index contributed by atoms with van der Waals surface area (Å²) in [4.78, 5) is 11.3. The van der Waals surface area contributed by atoms with Crippen LogP contribution in [0.4, 0.5) is 0 Å². The summed E-state index contributed by atoms with van der Waals surface area (Å²) in [6.45, 7) is 0.900. The second kappa shape index (κ2) is 4.68. The lowest BCUT2D eigenvalue weighted by Gasteiger charge is -2.20. The molecule has 0 aliphatic carbocycles. The average Bonchev–Trinajstić information content (AvgIpc) is 2.84. The van der Waals surface area contributed by atoms with Gasteiger partial charge in [0, 0.05) is 13.0 Å². The molecule has 2 N–H and O–H groups in total. The first kappa shape index (κ1) is 11.6. The summed E-state index contributed by atoms with van der Waals surface area (Å²) in [5.74, 6) is 0.000195. The lowest BCUT2D eigenvalue weighted by Crippen LogP contribution is -2.36. The first-order valence-corrected chi connectivity index (χ1v) is 6.14. The second-order valence-corrected chi connectivity index (χ2v) is 4.79. The van der Waals surface area contributed by atoms with Gasteiger partial charge in [-0.05, 0) is 5.56 Å². The molecule has 1 aromatic carbocycles. The number of amides is 1. The van der Waals surface area contributed by atoms with Crippen LogP contribution in [0.15, 0.2) is 30.3 Å². The zero-order valence-corrected chi connectivity index (χ0v) is 9.95. The van der Waals surface area contributed by atoms with Crippen molar-refractivity contribution in [2.24, 2.45) is 0 Å². The molecule has 18 heavy (non-hydrogen) atoms. The van der Waals surface area contributed by atoms with Crippen molar-refractivity contribution < 1.29 is 14.6 Å². The van der Waals surface area contributed by atoms with Crippen LogP contribution in [-0.2, 0) is 16.1 Å². The van der Waals surface area contributed by atoms with Gasteiger partial charge in [-0.25, -0.2) is 5.01 Å². The maximum Gasteiger partial charge on any atom is 0.236 e. The van der Waals surface area contributed by atoms with Crippen LogP contribution < -0.4 is 5.43 Å². The van der Waals surface area contributed by atoms with E-state index in [-0.39, 0.29) is 18.1 Å². The van der Waals surface area contributed by atoms with Crippen LogP contribution in [-0.4, -0.2) is 40.8 Å². The normalized spacial score (nSPS) is 31.4. The van der Waals surface area contributed by atoms with E-state index >= 15 is 0 Å². The lowest BCUT2D eigenvalue weighted by atomic mass is 10.1. The van der Waals surface area contributed by atoms with Gasteiger partial charge in [-0.3, -0.25) is 10.2 Å². The molecule has 0 bridgehead atoms. The highest BCUT2D eigenvalue weighted by atomic mass is 16.5. The van der Waals surface area contributed by atoms with Crippen molar-refractivity contribution in [2.75, 3.05) is 6.54 Å². The van der Waals surface area contributed by atoms with E-state index in [0.717, 1.165) is 5.56 Å². The van der Waals surface area contributed by atoms with Crippen LogP contribution in [0.2, 0.25) is 0 Å². The number of nitrogens with one attached hydrogen (secondary N) is 1. The molecule has 0 radical (unpaired) electrons. The number of hydrogen-bond donors (Lipinski definition) is 2. The Morgan fingerprint density at radius 2 is 2.17 bits per heavy atom. The zero-order valence-electron chi connectivity index (χ0n) is 9.95. The van der Waals surface area contributed by atoms with Crippen molar-refractivity contribution in [1.29, 1.82) is 0 Å². The molecule has 2 heterocycles. The second-order valence-electron chi connectivity index (χ2n) is 4.79. The Hall–Kier alpha value is -1.43. The minimum Gasteiger partial charge on any atom is -0.389 e. The Morgan fingerprint density at radius 1 is 1.39 bits per heavy atom. The van der Waals surface area contributed by atoms with Crippen LogP contribution in [0.25, 0.3) is 0 Å². The Balaban J connectivity index is 1.63. The fourth-order valence-corrected chi connectivity index (χ4v) is 2.61. The number of aliphatic hydroxyl groups excluding tert-OH is 1. The van der Waals surface area contributed by atoms with Crippen LogP contribution in [0.3, 0.4) is 0 Å². The molecule has 1 amide bonds. The summed E-state index contributed by atoms with van der Waals surface area (Å²) in [7, 11) is 0. The number of hydrazine groups is 1. The Bertz CT molecular complexity index is 437. The summed E-state index contributed by atoms with van der Waals surface area (Å²) in [5, 5.41) is 11.7. The number of benzene rings is 1. The molecule has 5 heteroatoms. The molecule has 3 atom stereocenters. The van der Waals surface area contributed by atoms with E-state index in [1.807, 2.05) is 30.3 Å². The maximum atomic E-state index is 11.3. The molecule has 2 aliphatic heterocycles. The van der Waals surface area contributed by atoms with Crippen molar-refractivity contribution in [1.82, 2.24) is 10.4 Å². The fraction of sp³-hybridized carbons (Fsp3) is 0.462. The van der Waals surface area contributed by atoms with E-state index in [1.165, 1.54) is 0 Å². The molecule has 2 fully saturated rings. The van der Waals surface area contributed by atoms with Crippen LogP contribution in [0.1, 0.15) is 12.0 Å². The lowest BCUT2D eigenvalue weighted by molar-refractivity contribution is -0.121. The van der Waals surface area contributed by atoms with E-state index in [4.69, 9.17) is 4.74 Å². The van der Waals surface area contributed by atoms with E-state index in [0.29, 0.717) is 19.6 Å². The van der Waals surface area contributed by atoms with Crippen LogP contribution in [0, 0.1) is 0 Å². The zero-order chi connectivity index (χ0) is 12.5. The molecular formula is C13H16N2O3. The van der Waals surface area contributed by atoms with Crippen molar-refractivity contribution in [2.45, 2.75) is 31.3 Å². The van der Waals surface area contributed by atoms with Crippen molar-refractivity contribution >= 4 is 5.91 Å². The number of ether oxygens (including phenoxy) is 1. The fourth-order valence-electron chi connectivity index (χ4n) is 2.61. The molecule has 2 saturated heterocycles. The van der Waals surface area contributed by atoms with Gasteiger partial charge < -0.3 is 9.84 Å². The van der Waals surface area contributed by atoms with E-state index < -0.39 is 6.10 Å². The number of fused-ring (bicyclic) bond motifs is 1. The van der Waals surface area contributed by atoms with E-state index in [2.05, 4.69) is 5.43 Å². The van der Waals surface area contributed by atoms with Gasteiger partial charge in [-0.2, -0.15) is 0 Å². The number of carbonyl (C=O) groups is 1. The smallest absolute Gasteiger partial charge is 0.236 e. The minimum absolute atomic E-state index is 0.000195. The summed E-state index contributed by atoms with van der Waals surface area (Å²) in [6, 6.07) is 9.79. The van der Waals surface area contributed by atoms with Gasteiger partial charge in [0.15, 0.2) is 0 Å². The van der Waals surface area contributed by atoms with Gasteiger partial charge in [-0.15, -0.1) is 0 Å². The quantitative estimate of drug-likeness (QED) is 0.793. The molecule has 0 saturated carbocycles. The van der Waals surface area contributed by atoms with Gasteiger partial charge in [0.1, 0.15) is 6.10 Å². The third-order valence-electron chi connectivity index (χ3n) is 3.49. The van der Waals surface area contributed by atoms with Crippen molar-refractivity contribution in [3.63, 3.8) is 0 Å². The topological polar surface area (TPSA) is 61.8 Å². The predicted molar refractivity (Wildman–Crippen MR) is 64.3 cm³/mol. The van der Waals surface area contributed by atoms with Gasteiger partial charge in [0.2, 0.25) is 5.91 Å². The molecule has 5 nitrogen and oxygen atoms in total. The number of nitrogens with zero attached hydrogens (tertiary/aromatic N) is 1. The molecule has 96 valence electrons. The van der Waals surface area contributed by atoms with E-state index in [1.54, 1.807) is 5.01 Å². The molecule has 0 aromatic heterocycles. The highest BCUT2D eigenvalue weighted by Crippen LogP contribution is 2.27. The van der Waals surface area contributed by atoms with Crippen LogP contribution >= 0.6 is 0 Å². The molecule has 1 aromatic rings. The van der Waals surface area contributed by atoms with Crippen molar-refractivity contribution in [3.8, 4) is 0 Å². The van der Waals surface area contributed by atoms with Gasteiger partial charge in [-0.1, -0.05) is 30.3 Å². The maximum absolute atomic E-state index is 11.3. The summed E-state index contributed by atoms with van der Waals surface area (Å²) in [6.07, 6.45) is -0.445. The minimum atomic E-state index is -0.542. The Kier molecular flexibility index (Phi) is 3.03. The number of aliphatic hydroxyl groups is 1. The third kappa shape index (κ3) is 2.12. The summed E-state index contributed by atoms with van der Waals surface area (Å²) in [5.41, 5.74) is 3.80. The first-order valence-electron chi connectivity index (χ1n) is 6.14. The standard InChI is InChI=1S/C13H16N2O3/c16-11-7-15-10(6-12(17)14-15)13(11)18-8-9-4-2-1-3-5-9/h1-5,10-11,13,16H,6-8H2,(H,14,17)/t10-,11+,13-/m0/s1. The van der Waals surface area contributed by atoms with Crippen LogP contribution in [0.5, 0.6) is 0 Å². The number of carbonyl (C=O) groups excluding carboxylic acids is 1. The predicted octanol–water partition coefficient (Wildman–Crippen LogP) is 0.0518. The Labute approximate surface area is 105 Å². The molecule has 0 unspecified atom stereocenters. The SMILES string of the molecule is O=C1C[C@H]2[C@H](OCc3ccccc3)[C@H](O)CN2N1. The molecule has 0 spiro atoms. The summed E-state index contributed by atoms with van der Waals surface area (Å²) < 4.78 is 5.78. The first-order chi connectivity index (χ1) is 8.74. The average molecular weight is 248 g/mol. The largest absolute Gasteiger partial charge is 0.389 e. The van der Waals surface area contributed by atoms with Gasteiger partial charge in [0.05, 0.1) is 18.8 Å².